The van der Waals surface area contributed by atoms with Gasteiger partial charge in [-0.2, -0.15) is 5.10 Å². The van der Waals surface area contributed by atoms with Crippen molar-refractivity contribution in [2.24, 2.45) is 12.8 Å². The van der Waals surface area contributed by atoms with Gasteiger partial charge in [0.05, 0.1) is 0 Å². The standard InChI is InChI=1S/C14H20N4/c1-10(2)13-16-14(18(3)17-13)12-7-5-4-6-11(12)8-9-15/h4-7,10H,8-9,15H2,1-3H3. The summed E-state index contributed by atoms with van der Waals surface area (Å²) in [7, 11) is 1.94. The number of hydrogen-bond donors (Lipinski definition) is 1. The van der Waals surface area contributed by atoms with Crippen LogP contribution in [0.1, 0.15) is 31.2 Å². The first-order chi connectivity index (χ1) is 8.63. The van der Waals surface area contributed by atoms with Crippen LogP contribution in [0.5, 0.6) is 0 Å². The van der Waals surface area contributed by atoms with Crippen LogP contribution in [0.15, 0.2) is 24.3 Å². The van der Waals surface area contributed by atoms with Gasteiger partial charge in [0.25, 0.3) is 0 Å². The Kier molecular flexibility index (Phi) is 3.77. The third-order valence-electron chi connectivity index (χ3n) is 2.97. The molecule has 0 aliphatic heterocycles. The first kappa shape index (κ1) is 12.8. The van der Waals surface area contributed by atoms with Crippen LogP contribution in [0, 0.1) is 0 Å². The SMILES string of the molecule is CC(C)c1nc(-c2ccccc2CCN)n(C)n1. The molecule has 0 unspecified atom stereocenters. The van der Waals surface area contributed by atoms with Gasteiger partial charge in [0.15, 0.2) is 11.6 Å². The van der Waals surface area contributed by atoms with E-state index < -0.39 is 0 Å². The molecule has 1 aromatic heterocycles. The molecule has 0 fully saturated rings. The molecule has 0 radical (unpaired) electrons. The molecule has 0 saturated carbocycles. The molecule has 0 atom stereocenters. The zero-order valence-corrected chi connectivity index (χ0v) is 11.2. The number of nitrogens with two attached hydrogens (primary N) is 1. The van der Waals surface area contributed by atoms with E-state index in [0.717, 1.165) is 23.6 Å². The van der Waals surface area contributed by atoms with Crippen molar-refractivity contribution in [2.75, 3.05) is 6.54 Å². The Morgan fingerprint density at radius 2 is 2.00 bits per heavy atom. The van der Waals surface area contributed by atoms with Crippen molar-refractivity contribution in [3.05, 3.63) is 35.7 Å². The Balaban J connectivity index is 2.48. The van der Waals surface area contributed by atoms with Crippen molar-refractivity contribution < 1.29 is 0 Å². The maximum Gasteiger partial charge on any atom is 0.158 e. The minimum Gasteiger partial charge on any atom is -0.330 e. The highest BCUT2D eigenvalue weighted by molar-refractivity contribution is 5.60. The van der Waals surface area contributed by atoms with E-state index in [0.29, 0.717) is 12.5 Å². The monoisotopic (exact) mass is 244 g/mol. The zero-order chi connectivity index (χ0) is 13.1. The summed E-state index contributed by atoms with van der Waals surface area (Å²) in [4.78, 5) is 4.63. The first-order valence-corrected chi connectivity index (χ1v) is 6.32. The second-order valence-corrected chi connectivity index (χ2v) is 4.77. The minimum atomic E-state index is 0.339. The Bertz CT molecular complexity index is 528. The van der Waals surface area contributed by atoms with Crippen LogP contribution < -0.4 is 5.73 Å². The van der Waals surface area contributed by atoms with Crippen LogP contribution in [0.4, 0.5) is 0 Å². The first-order valence-electron chi connectivity index (χ1n) is 6.32. The molecule has 0 aliphatic carbocycles. The third-order valence-corrected chi connectivity index (χ3v) is 2.97. The van der Waals surface area contributed by atoms with Gasteiger partial charge in [-0.3, -0.25) is 0 Å². The van der Waals surface area contributed by atoms with Gasteiger partial charge in [0.1, 0.15) is 0 Å². The highest BCUT2D eigenvalue weighted by Gasteiger charge is 2.14. The molecular formula is C14H20N4. The molecule has 2 aromatic rings. The fourth-order valence-corrected chi connectivity index (χ4v) is 2.00. The molecule has 0 saturated heterocycles. The Morgan fingerprint density at radius 3 is 2.61 bits per heavy atom. The molecule has 4 heteroatoms. The van der Waals surface area contributed by atoms with Gasteiger partial charge in [-0.05, 0) is 18.5 Å². The summed E-state index contributed by atoms with van der Waals surface area (Å²) in [6, 6.07) is 8.25. The quantitative estimate of drug-likeness (QED) is 0.896. The molecule has 96 valence electrons. The molecular weight excluding hydrogens is 224 g/mol. The van der Waals surface area contributed by atoms with Gasteiger partial charge in [0, 0.05) is 18.5 Å². The average molecular weight is 244 g/mol. The fourth-order valence-electron chi connectivity index (χ4n) is 2.00. The lowest BCUT2D eigenvalue weighted by Gasteiger charge is -2.07. The van der Waals surface area contributed by atoms with Crippen LogP contribution in [-0.4, -0.2) is 21.3 Å². The van der Waals surface area contributed by atoms with Crippen LogP contribution in [0.3, 0.4) is 0 Å². The van der Waals surface area contributed by atoms with E-state index in [1.807, 2.05) is 23.9 Å². The molecule has 4 nitrogen and oxygen atoms in total. The molecule has 2 rings (SSSR count). The predicted octanol–water partition coefficient (Wildman–Crippen LogP) is 2.11. The number of aromatic nitrogens is 3. The highest BCUT2D eigenvalue weighted by atomic mass is 15.3. The summed E-state index contributed by atoms with van der Waals surface area (Å²) < 4.78 is 1.85. The molecule has 0 bridgehead atoms. The van der Waals surface area contributed by atoms with Gasteiger partial charge >= 0.3 is 0 Å². The van der Waals surface area contributed by atoms with Crippen LogP contribution in [0.25, 0.3) is 11.4 Å². The normalized spacial score (nSPS) is 11.2. The van der Waals surface area contributed by atoms with E-state index in [4.69, 9.17) is 5.73 Å². The number of hydrogen-bond acceptors (Lipinski definition) is 3. The van der Waals surface area contributed by atoms with Crippen molar-refractivity contribution in [1.82, 2.24) is 14.8 Å². The van der Waals surface area contributed by atoms with E-state index in [1.54, 1.807) is 0 Å². The smallest absolute Gasteiger partial charge is 0.158 e. The van der Waals surface area contributed by atoms with E-state index in [2.05, 4.69) is 36.1 Å². The highest BCUT2D eigenvalue weighted by Crippen LogP contribution is 2.23. The van der Waals surface area contributed by atoms with Crippen molar-refractivity contribution in [1.29, 1.82) is 0 Å². The van der Waals surface area contributed by atoms with Crippen molar-refractivity contribution in [3.63, 3.8) is 0 Å². The van der Waals surface area contributed by atoms with Gasteiger partial charge in [-0.1, -0.05) is 38.1 Å². The third kappa shape index (κ3) is 2.43. The van der Waals surface area contributed by atoms with Gasteiger partial charge in [-0.15, -0.1) is 0 Å². The molecule has 18 heavy (non-hydrogen) atoms. The summed E-state index contributed by atoms with van der Waals surface area (Å²) in [6.07, 6.45) is 0.861. The molecule has 0 spiro atoms. The maximum absolute atomic E-state index is 5.66. The van der Waals surface area contributed by atoms with Crippen molar-refractivity contribution in [2.45, 2.75) is 26.2 Å². The molecule has 2 N–H and O–H groups in total. The van der Waals surface area contributed by atoms with Crippen LogP contribution in [-0.2, 0) is 13.5 Å². The van der Waals surface area contributed by atoms with Crippen molar-refractivity contribution in [3.8, 4) is 11.4 Å². The lowest BCUT2D eigenvalue weighted by atomic mass is 10.0. The lowest BCUT2D eigenvalue weighted by molar-refractivity contribution is 0.712. The molecule has 0 aliphatic rings. The van der Waals surface area contributed by atoms with Crippen molar-refractivity contribution >= 4 is 0 Å². The summed E-state index contributed by atoms with van der Waals surface area (Å²) >= 11 is 0. The van der Waals surface area contributed by atoms with Gasteiger partial charge in [-0.25, -0.2) is 9.67 Å². The van der Waals surface area contributed by atoms with Gasteiger partial charge < -0.3 is 5.73 Å². The van der Waals surface area contributed by atoms with E-state index in [1.165, 1.54) is 5.56 Å². The summed E-state index contributed by atoms with van der Waals surface area (Å²) in [5, 5.41) is 4.46. The summed E-state index contributed by atoms with van der Waals surface area (Å²) in [6.45, 7) is 4.85. The van der Waals surface area contributed by atoms with E-state index in [-0.39, 0.29) is 0 Å². The maximum atomic E-state index is 5.66. The Morgan fingerprint density at radius 1 is 1.28 bits per heavy atom. The summed E-state index contributed by atoms with van der Waals surface area (Å²) in [5.41, 5.74) is 8.01. The van der Waals surface area contributed by atoms with Crippen LogP contribution in [0.2, 0.25) is 0 Å². The Labute approximate surface area is 108 Å². The number of nitrogens with zero attached hydrogens (tertiary/aromatic N) is 3. The van der Waals surface area contributed by atoms with Gasteiger partial charge in [0.2, 0.25) is 0 Å². The molecule has 0 amide bonds. The lowest BCUT2D eigenvalue weighted by Crippen LogP contribution is -2.05. The molecule has 1 heterocycles. The average Bonchev–Trinajstić information content (AvgIpc) is 2.73. The second-order valence-electron chi connectivity index (χ2n) is 4.77. The minimum absolute atomic E-state index is 0.339. The van der Waals surface area contributed by atoms with Crippen LogP contribution >= 0.6 is 0 Å². The summed E-state index contributed by atoms with van der Waals surface area (Å²) in [5.74, 6) is 2.14. The topological polar surface area (TPSA) is 56.7 Å². The van der Waals surface area contributed by atoms with E-state index >= 15 is 0 Å². The van der Waals surface area contributed by atoms with E-state index in [9.17, 15) is 0 Å². The second kappa shape index (κ2) is 5.31. The predicted molar refractivity (Wildman–Crippen MR) is 73.3 cm³/mol. The Hall–Kier alpha value is -1.68. The number of aryl methyl sites for hydroxylation is 1. The molecule has 1 aromatic carbocycles. The zero-order valence-electron chi connectivity index (χ0n) is 11.2. The number of benzene rings is 1. The fraction of sp³-hybridized carbons (Fsp3) is 0.429. The number of rotatable bonds is 4. The largest absolute Gasteiger partial charge is 0.330 e.